The van der Waals surface area contributed by atoms with Crippen LogP contribution in [0.2, 0.25) is 0 Å². The summed E-state index contributed by atoms with van der Waals surface area (Å²) in [5, 5.41) is 0. The van der Waals surface area contributed by atoms with E-state index in [1.165, 1.54) is 24.8 Å². The Morgan fingerprint density at radius 3 is 2.50 bits per heavy atom. The monoisotopic (exact) mass is 306 g/mol. The van der Waals surface area contributed by atoms with Crippen molar-refractivity contribution in [2.24, 2.45) is 5.73 Å². The lowest BCUT2D eigenvalue weighted by atomic mass is 9.92. The third kappa shape index (κ3) is 3.55. The molecule has 1 saturated heterocycles. The molecule has 0 aliphatic carbocycles. The maximum absolute atomic E-state index is 6.17. The lowest BCUT2D eigenvalue weighted by Gasteiger charge is -2.44. The number of rotatable bonds is 6. The molecule has 0 radical (unpaired) electrons. The minimum atomic E-state index is 0.192. The number of methoxy groups -OCH3 is 1. The molecule has 1 aliphatic rings. The average Bonchev–Trinajstić information content (AvgIpc) is 2.52. The van der Waals surface area contributed by atoms with E-state index in [9.17, 15) is 0 Å². The van der Waals surface area contributed by atoms with Gasteiger partial charge in [-0.3, -0.25) is 4.90 Å². The number of likely N-dealkylation sites (tertiary alicyclic amines) is 1. The zero-order valence-corrected chi connectivity index (χ0v) is 14.3. The molecular weight excluding hydrogens is 276 g/mol. The molecule has 22 heavy (non-hydrogen) atoms. The van der Waals surface area contributed by atoms with Gasteiger partial charge in [0.2, 0.25) is 0 Å². The fourth-order valence-corrected chi connectivity index (χ4v) is 3.66. The van der Waals surface area contributed by atoms with Gasteiger partial charge < -0.3 is 15.2 Å². The van der Waals surface area contributed by atoms with Crippen molar-refractivity contribution in [3.63, 3.8) is 0 Å². The molecule has 1 aromatic carbocycles. The topological polar surface area (TPSA) is 47.7 Å². The number of ether oxygens (including phenoxy) is 2. The van der Waals surface area contributed by atoms with Gasteiger partial charge in [-0.1, -0.05) is 12.5 Å². The van der Waals surface area contributed by atoms with Crippen molar-refractivity contribution in [2.45, 2.75) is 58.2 Å². The highest BCUT2D eigenvalue weighted by Gasteiger charge is 2.32. The zero-order chi connectivity index (χ0) is 16.1. The van der Waals surface area contributed by atoms with Crippen LogP contribution in [-0.2, 0) is 0 Å². The molecule has 0 amide bonds. The number of benzene rings is 1. The first-order valence-corrected chi connectivity index (χ1v) is 8.40. The lowest BCUT2D eigenvalue weighted by Crippen LogP contribution is -2.48. The number of hydrogen-bond donors (Lipinski definition) is 1. The van der Waals surface area contributed by atoms with Gasteiger partial charge in [-0.05, 0) is 39.7 Å². The molecule has 3 unspecified atom stereocenters. The number of hydrogen-bond acceptors (Lipinski definition) is 4. The first-order valence-electron chi connectivity index (χ1n) is 8.40. The van der Waals surface area contributed by atoms with E-state index in [0.29, 0.717) is 25.2 Å². The molecule has 0 bridgehead atoms. The molecule has 1 aliphatic heterocycles. The second-order valence-electron chi connectivity index (χ2n) is 6.16. The summed E-state index contributed by atoms with van der Waals surface area (Å²) in [7, 11) is 1.68. The Balaban J connectivity index is 2.37. The van der Waals surface area contributed by atoms with Crippen molar-refractivity contribution in [3.8, 4) is 11.5 Å². The maximum atomic E-state index is 6.17. The summed E-state index contributed by atoms with van der Waals surface area (Å²) in [6.07, 6.45) is 3.78. The molecule has 3 atom stereocenters. The van der Waals surface area contributed by atoms with E-state index in [0.717, 1.165) is 11.5 Å². The van der Waals surface area contributed by atoms with Gasteiger partial charge in [-0.25, -0.2) is 0 Å². The van der Waals surface area contributed by atoms with Crippen molar-refractivity contribution >= 4 is 0 Å². The predicted octanol–water partition coefficient (Wildman–Crippen LogP) is 3.36. The van der Waals surface area contributed by atoms with Gasteiger partial charge >= 0.3 is 0 Å². The van der Waals surface area contributed by atoms with Crippen molar-refractivity contribution < 1.29 is 9.47 Å². The summed E-state index contributed by atoms with van der Waals surface area (Å²) in [4.78, 5) is 2.56. The van der Waals surface area contributed by atoms with Crippen LogP contribution in [0.3, 0.4) is 0 Å². The van der Waals surface area contributed by atoms with Crippen LogP contribution in [0.25, 0.3) is 0 Å². The second-order valence-corrected chi connectivity index (χ2v) is 6.16. The summed E-state index contributed by atoms with van der Waals surface area (Å²) >= 11 is 0. The summed E-state index contributed by atoms with van der Waals surface area (Å²) < 4.78 is 11.2. The van der Waals surface area contributed by atoms with Crippen LogP contribution in [0.15, 0.2) is 18.2 Å². The van der Waals surface area contributed by atoms with E-state index in [-0.39, 0.29) is 6.04 Å². The highest BCUT2D eigenvalue weighted by molar-refractivity contribution is 5.43. The van der Waals surface area contributed by atoms with E-state index in [4.69, 9.17) is 15.2 Å². The van der Waals surface area contributed by atoms with E-state index >= 15 is 0 Å². The van der Waals surface area contributed by atoms with Crippen molar-refractivity contribution in [2.75, 3.05) is 20.3 Å². The first kappa shape index (κ1) is 17.1. The molecule has 4 nitrogen and oxygen atoms in total. The Hall–Kier alpha value is -1.26. The summed E-state index contributed by atoms with van der Waals surface area (Å²) in [6, 6.07) is 7.37. The maximum Gasteiger partial charge on any atom is 0.127 e. The molecule has 1 heterocycles. The average molecular weight is 306 g/mol. The van der Waals surface area contributed by atoms with Crippen LogP contribution in [0.5, 0.6) is 11.5 Å². The fourth-order valence-electron chi connectivity index (χ4n) is 3.66. The van der Waals surface area contributed by atoms with Crippen LogP contribution in [0, 0.1) is 0 Å². The van der Waals surface area contributed by atoms with Gasteiger partial charge in [0.05, 0.1) is 19.8 Å². The van der Waals surface area contributed by atoms with Gasteiger partial charge in [0.25, 0.3) is 0 Å². The number of piperidine rings is 1. The minimum Gasteiger partial charge on any atom is -0.497 e. The SMILES string of the molecule is CCOc1cc(OC)ccc1C(CN)N1C(C)CCCC1C. The van der Waals surface area contributed by atoms with Crippen LogP contribution in [0.4, 0.5) is 0 Å². The van der Waals surface area contributed by atoms with Crippen molar-refractivity contribution in [3.05, 3.63) is 23.8 Å². The van der Waals surface area contributed by atoms with Gasteiger partial charge in [0.15, 0.2) is 0 Å². The zero-order valence-electron chi connectivity index (χ0n) is 14.3. The number of nitrogens with zero attached hydrogens (tertiary/aromatic N) is 1. The smallest absolute Gasteiger partial charge is 0.127 e. The number of nitrogens with two attached hydrogens (primary N) is 1. The molecule has 2 N–H and O–H groups in total. The Labute approximate surface area is 134 Å². The van der Waals surface area contributed by atoms with Gasteiger partial charge in [-0.15, -0.1) is 0 Å². The standard InChI is InChI=1S/C18H30N2O2/c1-5-22-18-11-15(21-4)9-10-16(18)17(12-19)20-13(2)7-6-8-14(20)3/h9-11,13-14,17H,5-8,12,19H2,1-4H3. The Morgan fingerprint density at radius 2 is 1.95 bits per heavy atom. The Bertz CT molecular complexity index is 468. The van der Waals surface area contributed by atoms with Gasteiger partial charge in [0, 0.05) is 30.3 Å². The lowest BCUT2D eigenvalue weighted by molar-refractivity contribution is 0.0564. The van der Waals surface area contributed by atoms with E-state index in [1.54, 1.807) is 7.11 Å². The molecular formula is C18H30N2O2. The van der Waals surface area contributed by atoms with Crippen LogP contribution < -0.4 is 15.2 Å². The molecule has 124 valence electrons. The molecule has 0 spiro atoms. The van der Waals surface area contributed by atoms with Crippen LogP contribution in [0.1, 0.15) is 51.6 Å². The van der Waals surface area contributed by atoms with Crippen LogP contribution in [-0.4, -0.2) is 37.2 Å². The molecule has 1 aromatic rings. The summed E-state index contributed by atoms with van der Waals surface area (Å²) in [5.41, 5.74) is 7.34. The Kier molecular flexibility index (Phi) is 6.09. The molecule has 1 fully saturated rings. The van der Waals surface area contributed by atoms with Crippen molar-refractivity contribution in [1.82, 2.24) is 4.90 Å². The van der Waals surface area contributed by atoms with Crippen LogP contribution >= 0.6 is 0 Å². The van der Waals surface area contributed by atoms with Gasteiger partial charge in [0.1, 0.15) is 11.5 Å². The normalized spacial score (nSPS) is 24.0. The molecule has 0 aromatic heterocycles. The first-order chi connectivity index (χ1) is 10.6. The van der Waals surface area contributed by atoms with Gasteiger partial charge in [-0.2, -0.15) is 0 Å². The van der Waals surface area contributed by atoms with Crippen molar-refractivity contribution in [1.29, 1.82) is 0 Å². The molecule has 0 saturated carbocycles. The van der Waals surface area contributed by atoms with E-state index < -0.39 is 0 Å². The third-order valence-electron chi connectivity index (χ3n) is 4.72. The Morgan fingerprint density at radius 1 is 1.27 bits per heavy atom. The van der Waals surface area contributed by atoms with E-state index in [2.05, 4.69) is 24.8 Å². The molecule has 2 rings (SSSR count). The highest BCUT2D eigenvalue weighted by atomic mass is 16.5. The molecule has 4 heteroatoms. The third-order valence-corrected chi connectivity index (χ3v) is 4.72. The van der Waals surface area contributed by atoms with E-state index in [1.807, 2.05) is 19.1 Å². The second kappa shape index (κ2) is 7.84. The minimum absolute atomic E-state index is 0.192. The fraction of sp³-hybridized carbons (Fsp3) is 0.667. The highest BCUT2D eigenvalue weighted by Crippen LogP contribution is 2.37. The largest absolute Gasteiger partial charge is 0.497 e. The summed E-state index contributed by atoms with van der Waals surface area (Å²) in [5.74, 6) is 1.71. The summed E-state index contributed by atoms with van der Waals surface area (Å²) in [6.45, 7) is 7.86. The predicted molar refractivity (Wildman–Crippen MR) is 90.6 cm³/mol. The quantitative estimate of drug-likeness (QED) is 0.875.